The van der Waals surface area contributed by atoms with Crippen molar-refractivity contribution in [1.29, 1.82) is 0 Å². The number of carbonyl (C=O) groups is 1. The summed E-state index contributed by atoms with van der Waals surface area (Å²) < 4.78 is 1.66. The predicted octanol–water partition coefficient (Wildman–Crippen LogP) is 2.25. The van der Waals surface area contributed by atoms with E-state index in [-0.39, 0.29) is 17.2 Å². The molecule has 0 saturated carbocycles. The van der Waals surface area contributed by atoms with Crippen molar-refractivity contribution in [2.24, 2.45) is 7.05 Å². The molecule has 0 spiro atoms. The van der Waals surface area contributed by atoms with Gasteiger partial charge in [-0.1, -0.05) is 13.0 Å². The third kappa shape index (κ3) is 2.76. The molecule has 2 N–H and O–H groups in total. The van der Waals surface area contributed by atoms with Crippen molar-refractivity contribution in [2.75, 3.05) is 5.32 Å². The topological polar surface area (TPSA) is 67.2 Å². The van der Waals surface area contributed by atoms with Crippen molar-refractivity contribution >= 4 is 11.6 Å². The lowest BCUT2D eigenvalue weighted by molar-refractivity contribution is 0.102. The lowest BCUT2D eigenvalue weighted by Gasteiger charge is -2.06. The molecule has 0 bridgehead atoms. The predicted molar refractivity (Wildman–Crippen MR) is 73.4 cm³/mol. The molecule has 1 amide bonds. The molecule has 1 aromatic carbocycles. The maximum Gasteiger partial charge on any atom is 0.259 e. The second-order valence-corrected chi connectivity index (χ2v) is 4.49. The van der Waals surface area contributed by atoms with E-state index >= 15 is 0 Å². The highest BCUT2D eigenvalue weighted by Crippen LogP contribution is 2.21. The first kappa shape index (κ1) is 13.1. The van der Waals surface area contributed by atoms with E-state index in [9.17, 15) is 9.90 Å². The van der Waals surface area contributed by atoms with Gasteiger partial charge in [-0.15, -0.1) is 0 Å². The number of nitrogens with one attached hydrogen (secondary N) is 1. The summed E-state index contributed by atoms with van der Waals surface area (Å²) in [4.78, 5) is 12.1. The summed E-state index contributed by atoms with van der Waals surface area (Å²) in [6.07, 6.45) is 2.48. The van der Waals surface area contributed by atoms with Crippen molar-refractivity contribution < 1.29 is 9.90 Å². The molecule has 0 radical (unpaired) electrons. The van der Waals surface area contributed by atoms with Crippen molar-refractivity contribution in [2.45, 2.75) is 20.3 Å². The first-order chi connectivity index (χ1) is 9.01. The molecular formula is C14H17N3O2. The largest absolute Gasteiger partial charge is 0.507 e. The molecule has 0 unspecified atom stereocenters. The minimum atomic E-state index is -0.333. The molecule has 5 nitrogen and oxygen atoms in total. The standard InChI is InChI=1S/C14H17N3O2/c1-4-11-12(8-17(3)16-11)15-14(19)10-6-5-9(2)7-13(10)18/h5-8,18H,4H2,1-3H3,(H,15,19). The monoisotopic (exact) mass is 259 g/mol. The first-order valence-electron chi connectivity index (χ1n) is 6.14. The fourth-order valence-electron chi connectivity index (χ4n) is 1.92. The van der Waals surface area contributed by atoms with Gasteiger partial charge < -0.3 is 10.4 Å². The Bertz CT molecular complexity index is 617. The van der Waals surface area contributed by atoms with Crippen molar-refractivity contribution in [3.05, 3.63) is 41.2 Å². The quantitative estimate of drug-likeness (QED) is 0.888. The van der Waals surface area contributed by atoms with Crippen LogP contribution in [0.3, 0.4) is 0 Å². The van der Waals surface area contributed by atoms with Gasteiger partial charge >= 0.3 is 0 Å². The van der Waals surface area contributed by atoms with E-state index in [0.29, 0.717) is 5.69 Å². The average Bonchev–Trinajstić information content (AvgIpc) is 2.69. The fourth-order valence-corrected chi connectivity index (χ4v) is 1.92. The van der Waals surface area contributed by atoms with Crippen LogP contribution < -0.4 is 5.32 Å². The summed E-state index contributed by atoms with van der Waals surface area (Å²) in [6.45, 7) is 3.83. The van der Waals surface area contributed by atoms with E-state index in [1.54, 1.807) is 36.1 Å². The lowest BCUT2D eigenvalue weighted by Crippen LogP contribution is -2.12. The second-order valence-electron chi connectivity index (χ2n) is 4.49. The lowest BCUT2D eigenvalue weighted by atomic mass is 10.1. The van der Waals surface area contributed by atoms with Gasteiger partial charge in [-0.05, 0) is 31.0 Å². The summed E-state index contributed by atoms with van der Waals surface area (Å²) in [7, 11) is 1.80. The van der Waals surface area contributed by atoms with Gasteiger partial charge in [-0.3, -0.25) is 9.48 Å². The second kappa shape index (κ2) is 5.14. The zero-order chi connectivity index (χ0) is 14.0. The number of nitrogens with zero attached hydrogens (tertiary/aromatic N) is 2. The number of carbonyl (C=O) groups excluding carboxylic acids is 1. The number of phenols is 1. The van der Waals surface area contributed by atoms with Crippen molar-refractivity contribution in [3.63, 3.8) is 0 Å². The van der Waals surface area contributed by atoms with Crippen molar-refractivity contribution in [1.82, 2.24) is 9.78 Å². The molecule has 19 heavy (non-hydrogen) atoms. The van der Waals surface area contributed by atoms with E-state index in [1.165, 1.54) is 0 Å². The van der Waals surface area contributed by atoms with Crippen LogP contribution in [0.1, 0.15) is 28.5 Å². The summed E-state index contributed by atoms with van der Waals surface area (Å²) in [5.41, 5.74) is 2.67. The molecule has 0 aliphatic heterocycles. The zero-order valence-corrected chi connectivity index (χ0v) is 11.3. The van der Waals surface area contributed by atoms with Crippen LogP contribution in [-0.4, -0.2) is 20.8 Å². The molecule has 2 rings (SSSR count). The molecule has 1 aromatic heterocycles. The van der Waals surface area contributed by atoms with Gasteiger partial charge in [0.15, 0.2) is 0 Å². The Hall–Kier alpha value is -2.30. The van der Waals surface area contributed by atoms with Gasteiger partial charge in [0, 0.05) is 13.2 Å². The minimum Gasteiger partial charge on any atom is -0.507 e. The molecule has 1 heterocycles. The van der Waals surface area contributed by atoms with Gasteiger partial charge in [-0.25, -0.2) is 0 Å². The van der Waals surface area contributed by atoms with E-state index in [2.05, 4.69) is 10.4 Å². The highest BCUT2D eigenvalue weighted by Gasteiger charge is 2.14. The molecular weight excluding hydrogens is 242 g/mol. The van der Waals surface area contributed by atoms with Crippen LogP contribution in [0.2, 0.25) is 0 Å². The number of rotatable bonds is 3. The molecule has 0 fully saturated rings. The Labute approximate surface area is 111 Å². The van der Waals surface area contributed by atoms with Gasteiger partial charge in [-0.2, -0.15) is 5.10 Å². The Kier molecular flexibility index (Phi) is 3.55. The van der Waals surface area contributed by atoms with Crippen LogP contribution in [0.15, 0.2) is 24.4 Å². The number of aryl methyl sites for hydroxylation is 3. The van der Waals surface area contributed by atoms with Crippen LogP contribution in [-0.2, 0) is 13.5 Å². The van der Waals surface area contributed by atoms with E-state index < -0.39 is 0 Å². The third-order valence-corrected chi connectivity index (χ3v) is 2.89. The number of aromatic nitrogens is 2. The van der Waals surface area contributed by atoms with Crippen LogP contribution in [0, 0.1) is 6.92 Å². The minimum absolute atomic E-state index is 0.0144. The Morgan fingerprint density at radius 1 is 1.47 bits per heavy atom. The zero-order valence-electron chi connectivity index (χ0n) is 11.3. The molecule has 100 valence electrons. The highest BCUT2D eigenvalue weighted by atomic mass is 16.3. The number of amides is 1. The molecule has 2 aromatic rings. The number of hydrogen-bond donors (Lipinski definition) is 2. The summed E-state index contributed by atoms with van der Waals surface area (Å²) in [5, 5.41) is 16.8. The van der Waals surface area contributed by atoms with Crippen LogP contribution in [0.25, 0.3) is 0 Å². The molecule has 0 aliphatic rings. The van der Waals surface area contributed by atoms with Gasteiger partial charge in [0.1, 0.15) is 5.75 Å². The van der Waals surface area contributed by atoms with Crippen LogP contribution >= 0.6 is 0 Å². The maximum atomic E-state index is 12.1. The molecule has 0 aliphatic carbocycles. The van der Waals surface area contributed by atoms with Gasteiger partial charge in [0.2, 0.25) is 0 Å². The summed E-state index contributed by atoms with van der Waals surface area (Å²) in [5.74, 6) is -0.348. The number of benzene rings is 1. The first-order valence-corrected chi connectivity index (χ1v) is 6.14. The molecule has 5 heteroatoms. The third-order valence-electron chi connectivity index (χ3n) is 2.89. The van der Waals surface area contributed by atoms with Crippen LogP contribution in [0.5, 0.6) is 5.75 Å². The average molecular weight is 259 g/mol. The number of aromatic hydroxyl groups is 1. The Morgan fingerprint density at radius 2 is 2.21 bits per heavy atom. The van der Waals surface area contributed by atoms with Gasteiger partial charge in [0.25, 0.3) is 5.91 Å². The molecule has 0 atom stereocenters. The summed E-state index contributed by atoms with van der Waals surface area (Å²) >= 11 is 0. The van der Waals surface area contributed by atoms with E-state index in [4.69, 9.17) is 0 Å². The van der Waals surface area contributed by atoms with E-state index in [0.717, 1.165) is 17.7 Å². The Balaban J connectivity index is 2.25. The number of anilines is 1. The normalized spacial score (nSPS) is 10.5. The van der Waals surface area contributed by atoms with Crippen molar-refractivity contribution in [3.8, 4) is 5.75 Å². The highest BCUT2D eigenvalue weighted by molar-refractivity contribution is 6.06. The fraction of sp³-hybridized carbons (Fsp3) is 0.286. The maximum absolute atomic E-state index is 12.1. The van der Waals surface area contributed by atoms with Crippen LogP contribution in [0.4, 0.5) is 5.69 Å². The summed E-state index contributed by atoms with van der Waals surface area (Å²) in [6, 6.07) is 4.97. The smallest absolute Gasteiger partial charge is 0.259 e. The number of hydrogen-bond acceptors (Lipinski definition) is 3. The number of phenolic OH excluding ortho intramolecular Hbond substituents is 1. The molecule has 0 saturated heterocycles. The van der Waals surface area contributed by atoms with E-state index in [1.807, 2.05) is 13.8 Å². The van der Waals surface area contributed by atoms with Gasteiger partial charge in [0.05, 0.1) is 16.9 Å². The SMILES string of the molecule is CCc1nn(C)cc1NC(=O)c1ccc(C)cc1O. The Morgan fingerprint density at radius 3 is 2.84 bits per heavy atom.